The SMILES string of the molecule is C.C.CC#Cc1ccc(-c2nn(C)c3cnc4cc(OC)c(CCc5cccs5)cc4c23)cc1. The van der Waals surface area contributed by atoms with Crippen molar-refractivity contribution in [3.05, 3.63) is 76.1 Å². The van der Waals surface area contributed by atoms with E-state index in [-0.39, 0.29) is 14.9 Å². The standard InChI is InChI=1S/C27H23N3OS.2CH4/c1-4-6-18-8-10-19(11-9-18)27-26-22-15-20(12-13-21-7-5-14-32-21)25(31-3)16-23(22)28-17-24(26)30(2)29-27;;/h5,7-11,14-17H,12-13H2,1-3H3;2*1H4. The smallest absolute Gasteiger partial charge is 0.124 e. The molecular weight excluding hydrogens is 438 g/mol. The molecule has 4 nitrogen and oxygen atoms in total. The van der Waals surface area contributed by atoms with Gasteiger partial charge in [0.05, 0.1) is 24.3 Å². The summed E-state index contributed by atoms with van der Waals surface area (Å²) in [7, 11) is 3.70. The molecule has 0 unspecified atom stereocenters. The first kappa shape index (κ1) is 25.0. The van der Waals surface area contributed by atoms with Gasteiger partial charge in [-0.1, -0.05) is 39.0 Å². The quantitative estimate of drug-likeness (QED) is 0.254. The number of hydrogen-bond donors (Lipinski definition) is 0. The minimum Gasteiger partial charge on any atom is -0.496 e. The minimum atomic E-state index is 0. The third-order valence-corrected chi connectivity index (χ3v) is 6.67. The van der Waals surface area contributed by atoms with Crippen molar-refractivity contribution in [2.24, 2.45) is 7.05 Å². The van der Waals surface area contributed by atoms with E-state index >= 15 is 0 Å². The lowest BCUT2D eigenvalue weighted by Gasteiger charge is -2.11. The number of fused-ring (bicyclic) bond motifs is 3. The second-order valence-electron chi connectivity index (χ2n) is 7.70. The summed E-state index contributed by atoms with van der Waals surface area (Å²) < 4.78 is 7.63. The van der Waals surface area contributed by atoms with Crippen LogP contribution in [0.2, 0.25) is 0 Å². The third-order valence-electron chi connectivity index (χ3n) is 5.73. The van der Waals surface area contributed by atoms with Crippen molar-refractivity contribution in [3.8, 4) is 28.8 Å². The molecule has 0 bridgehead atoms. The van der Waals surface area contributed by atoms with Crippen molar-refractivity contribution >= 4 is 33.1 Å². The van der Waals surface area contributed by atoms with Gasteiger partial charge in [0.2, 0.25) is 0 Å². The number of aromatic nitrogens is 3. The Morgan fingerprint density at radius 3 is 2.53 bits per heavy atom. The van der Waals surface area contributed by atoms with Gasteiger partial charge in [-0.15, -0.1) is 17.3 Å². The van der Waals surface area contributed by atoms with Crippen LogP contribution < -0.4 is 4.74 Å². The summed E-state index contributed by atoms with van der Waals surface area (Å²) in [5.74, 6) is 6.94. The maximum atomic E-state index is 5.72. The molecule has 0 radical (unpaired) electrons. The van der Waals surface area contributed by atoms with Gasteiger partial charge in [0.1, 0.15) is 11.4 Å². The molecule has 0 N–H and O–H groups in total. The predicted molar refractivity (Wildman–Crippen MR) is 146 cm³/mol. The maximum absolute atomic E-state index is 5.72. The van der Waals surface area contributed by atoms with Gasteiger partial charge in [0.25, 0.3) is 0 Å². The lowest BCUT2D eigenvalue weighted by molar-refractivity contribution is 0.410. The summed E-state index contributed by atoms with van der Waals surface area (Å²) in [5.41, 5.74) is 6.15. The zero-order chi connectivity index (χ0) is 22.1. The van der Waals surface area contributed by atoms with E-state index in [9.17, 15) is 0 Å². The number of rotatable bonds is 5. The monoisotopic (exact) mass is 469 g/mol. The van der Waals surface area contributed by atoms with Crippen molar-refractivity contribution in [1.82, 2.24) is 14.8 Å². The molecule has 5 heteroatoms. The Kier molecular flexibility index (Phi) is 7.75. The van der Waals surface area contributed by atoms with Crippen LogP contribution in [0.1, 0.15) is 37.8 Å². The van der Waals surface area contributed by atoms with Gasteiger partial charge in [-0.25, -0.2) is 0 Å². The molecule has 34 heavy (non-hydrogen) atoms. The lowest BCUT2D eigenvalue weighted by Crippen LogP contribution is -1.96. The number of thiophene rings is 1. The Labute approximate surface area is 206 Å². The summed E-state index contributed by atoms with van der Waals surface area (Å²) in [6.07, 6.45) is 3.80. The first-order valence-electron chi connectivity index (χ1n) is 10.6. The molecule has 3 aromatic heterocycles. The highest BCUT2D eigenvalue weighted by Gasteiger charge is 2.17. The van der Waals surface area contributed by atoms with Crippen LogP contribution in [0.4, 0.5) is 0 Å². The van der Waals surface area contributed by atoms with E-state index in [2.05, 4.69) is 53.6 Å². The van der Waals surface area contributed by atoms with E-state index in [0.717, 1.165) is 57.2 Å². The van der Waals surface area contributed by atoms with E-state index in [1.54, 1.807) is 18.4 Å². The summed E-state index contributed by atoms with van der Waals surface area (Å²) in [6, 6.07) is 16.9. The molecule has 3 heterocycles. The molecule has 0 atom stereocenters. The van der Waals surface area contributed by atoms with Gasteiger partial charge in [-0.2, -0.15) is 5.10 Å². The summed E-state index contributed by atoms with van der Waals surface area (Å²) in [5, 5.41) is 9.20. The normalized spacial score (nSPS) is 10.3. The van der Waals surface area contributed by atoms with Crippen molar-refractivity contribution < 1.29 is 4.74 Å². The lowest BCUT2D eigenvalue weighted by atomic mass is 9.99. The second kappa shape index (κ2) is 10.5. The van der Waals surface area contributed by atoms with Crippen LogP contribution in [0.25, 0.3) is 33.1 Å². The molecule has 0 aliphatic rings. The van der Waals surface area contributed by atoms with Crippen molar-refractivity contribution in [2.75, 3.05) is 7.11 Å². The summed E-state index contributed by atoms with van der Waals surface area (Å²) in [6.45, 7) is 1.85. The molecule has 2 aromatic carbocycles. The van der Waals surface area contributed by atoms with Gasteiger partial charge < -0.3 is 4.74 Å². The molecule has 0 saturated carbocycles. The Balaban J connectivity index is 0.00000162. The van der Waals surface area contributed by atoms with Gasteiger partial charge in [0.15, 0.2) is 0 Å². The average Bonchev–Trinajstić information content (AvgIpc) is 3.46. The number of aryl methyl sites for hydroxylation is 3. The first-order valence-corrected chi connectivity index (χ1v) is 11.4. The highest BCUT2D eigenvalue weighted by molar-refractivity contribution is 7.09. The number of pyridine rings is 1. The molecule has 5 aromatic rings. The van der Waals surface area contributed by atoms with Crippen LogP contribution in [0.5, 0.6) is 5.75 Å². The molecule has 0 saturated heterocycles. The van der Waals surface area contributed by atoms with Crippen LogP contribution in [-0.2, 0) is 19.9 Å². The van der Waals surface area contributed by atoms with E-state index in [4.69, 9.17) is 14.8 Å². The summed E-state index contributed by atoms with van der Waals surface area (Å²) in [4.78, 5) is 6.09. The van der Waals surface area contributed by atoms with Crippen molar-refractivity contribution in [1.29, 1.82) is 0 Å². The molecular formula is C29H31N3OS. The van der Waals surface area contributed by atoms with Gasteiger partial charge in [-0.05, 0) is 55.0 Å². The summed E-state index contributed by atoms with van der Waals surface area (Å²) >= 11 is 1.79. The van der Waals surface area contributed by atoms with Gasteiger partial charge >= 0.3 is 0 Å². The molecule has 0 aliphatic heterocycles. The number of methoxy groups -OCH3 is 1. The highest BCUT2D eigenvalue weighted by atomic mass is 32.1. The zero-order valence-corrected chi connectivity index (χ0v) is 19.2. The molecule has 174 valence electrons. The number of nitrogens with zero attached hydrogens (tertiary/aromatic N) is 3. The fraction of sp³-hybridized carbons (Fsp3) is 0.241. The molecule has 0 fully saturated rings. The average molecular weight is 470 g/mol. The minimum absolute atomic E-state index is 0. The Morgan fingerprint density at radius 2 is 1.85 bits per heavy atom. The van der Waals surface area contributed by atoms with E-state index in [1.165, 1.54) is 10.4 Å². The Morgan fingerprint density at radius 1 is 1.06 bits per heavy atom. The highest BCUT2D eigenvalue weighted by Crippen LogP contribution is 2.36. The topological polar surface area (TPSA) is 39.9 Å². The second-order valence-corrected chi connectivity index (χ2v) is 8.74. The molecule has 0 amide bonds. The van der Waals surface area contributed by atoms with Crippen molar-refractivity contribution in [2.45, 2.75) is 34.6 Å². The number of hydrogen-bond acceptors (Lipinski definition) is 4. The number of ether oxygens (including phenoxy) is 1. The van der Waals surface area contributed by atoms with Gasteiger partial charge in [-0.3, -0.25) is 9.67 Å². The zero-order valence-electron chi connectivity index (χ0n) is 18.3. The predicted octanol–water partition coefficient (Wildman–Crippen LogP) is 7.29. The van der Waals surface area contributed by atoms with Crippen LogP contribution in [0, 0.1) is 11.8 Å². The number of benzene rings is 2. The largest absolute Gasteiger partial charge is 0.496 e. The molecule has 0 aliphatic carbocycles. The fourth-order valence-electron chi connectivity index (χ4n) is 4.16. The maximum Gasteiger partial charge on any atom is 0.124 e. The first-order chi connectivity index (χ1) is 15.7. The van der Waals surface area contributed by atoms with Crippen LogP contribution in [-0.4, -0.2) is 21.9 Å². The third kappa shape index (κ3) is 4.55. The van der Waals surface area contributed by atoms with Crippen LogP contribution in [0.3, 0.4) is 0 Å². The van der Waals surface area contributed by atoms with Crippen molar-refractivity contribution in [3.63, 3.8) is 0 Å². The van der Waals surface area contributed by atoms with E-state index in [0.29, 0.717) is 0 Å². The van der Waals surface area contributed by atoms with E-state index < -0.39 is 0 Å². The molecule has 0 spiro atoms. The molecule has 5 rings (SSSR count). The van der Waals surface area contributed by atoms with E-state index in [1.807, 2.05) is 37.0 Å². The van der Waals surface area contributed by atoms with Crippen LogP contribution in [0.15, 0.2) is 60.1 Å². The Bertz CT molecular complexity index is 1470. The Hall–Kier alpha value is -3.62. The fourth-order valence-corrected chi connectivity index (χ4v) is 4.87. The van der Waals surface area contributed by atoms with Crippen LogP contribution >= 0.6 is 11.3 Å². The van der Waals surface area contributed by atoms with Gasteiger partial charge in [0, 0.05) is 39.9 Å².